The number of fused-ring (bicyclic) bond motifs is 2. The van der Waals surface area contributed by atoms with Gasteiger partial charge in [-0.25, -0.2) is 0 Å². The van der Waals surface area contributed by atoms with Gasteiger partial charge < -0.3 is 0 Å². The Hall–Kier alpha value is -1.98. The number of aromatic amines is 2. The maximum absolute atomic E-state index is 11.7. The number of H-pyrrole nitrogens is 2. The number of aryl methyl sites for hydroxylation is 2. The second-order valence-corrected chi connectivity index (χ2v) is 4.22. The van der Waals surface area contributed by atoms with Crippen molar-refractivity contribution in [3.05, 3.63) is 43.2 Å². The maximum atomic E-state index is 11.7. The molecule has 0 unspecified atom stereocenters. The summed E-state index contributed by atoms with van der Waals surface area (Å²) in [5.74, 6) is 0. The van der Waals surface area contributed by atoms with Gasteiger partial charge >= 0.3 is 0 Å². The zero-order valence-electron chi connectivity index (χ0n) is 9.13. The lowest BCUT2D eigenvalue weighted by Crippen LogP contribution is -2.19. The van der Waals surface area contributed by atoms with E-state index in [0.29, 0.717) is 12.8 Å². The highest BCUT2D eigenvalue weighted by Gasteiger charge is 2.24. The first-order valence-corrected chi connectivity index (χ1v) is 5.11. The van der Waals surface area contributed by atoms with Gasteiger partial charge in [0.2, 0.25) is 0 Å². The van der Waals surface area contributed by atoms with Gasteiger partial charge in [-0.2, -0.15) is 0 Å². The molecule has 3 rings (SSSR count). The summed E-state index contributed by atoms with van der Waals surface area (Å²) in [5, 5.41) is 5.97. The molecule has 1 aliphatic rings. The minimum Gasteiger partial charge on any atom is -0.299 e. The average Bonchev–Trinajstić information content (AvgIpc) is 2.67. The molecular formula is C10H12N4O2. The summed E-state index contributed by atoms with van der Waals surface area (Å²) in [7, 11) is 3.38. The monoisotopic (exact) mass is 220 g/mol. The van der Waals surface area contributed by atoms with E-state index in [1.807, 2.05) is 0 Å². The van der Waals surface area contributed by atoms with E-state index in [0.717, 1.165) is 22.5 Å². The molecule has 0 aliphatic heterocycles. The molecule has 84 valence electrons. The first-order valence-electron chi connectivity index (χ1n) is 5.11. The minimum absolute atomic E-state index is 0.00893. The Morgan fingerprint density at radius 2 is 1.25 bits per heavy atom. The lowest BCUT2D eigenvalue weighted by Gasteiger charge is -2.07. The molecule has 1 aliphatic carbocycles. The van der Waals surface area contributed by atoms with Gasteiger partial charge in [0.15, 0.2) is 0 Å². The molecular weight excluding hydrogens is 208 g/mol. The normalized spacial score (nSPS) is 13.6. The molecule has 0 spiro atoms. The van der Waals surface area contributed by atoms with Gasteiger partial charge in [0.1, 0.15) is 0 Å². The predicted molar refractivity (Wildman–Crippen MR) is 57.7 cm³/mol. The van der Waals surface area contributed by atoms with Crippen molar-refractivity contribution >= 4 is 0 Å². The van der Waals surface area contributed by atoms with Gasteiger partial charge in [0.25, 0.3) is 11.1 Å². The molecule has 16 heavy (non-hydrogen) atoms. The van der Waals surface area contributed by atoms with Crippen LogP contribution in [0.3, 0.4) is 0 Å². The van der Waals surface area contributed by atoms with Crippen molar-refractivity contribution < 1.29 is 0 Å². The van der Waals surface area contributed by atoms with E-state index >= 15 is 0 Å². The van der Waals surface area contributed by atoms with Crippen molar-refractivity contribution in [2.45, 2.75) is 12.8 Å². The molecule has 0 atom stereocenters. The first kappa shape index (κ1) is 9.26. The Morgan fingerprint density at radius 1 is 0.875 bits per heavy atom. The number of aromatic nitrogens is 4. The van der Waals surface area contributed by atoms with Gasteiger partial charge in [0, 0.05) is 49.5 Å². The topological polar surface area (TPSA) is 75.6 Å². The molecule has 0 saturated carbocycles. The maximum Gasteiger partial charge on any atom is 0.270 e. The Kier molecular flexibility index (Phi) is 1.61. The summed E-state index contributed by atoms with van der Waals surface area (Å²) in [6.45, 7) is 0. The Morgan fingerprint density at radius 3 is 1.62 bits per heavy atom. The van der Waals surface area contributed by atoms with Crippen LogP contribution >= 0.6 is 0 Å². The molecule has 0 fully saturated rings. The molecule has 0 bridgehead atoms. The highest BCUT2D eigenvalue weighted by molar-refractivity contribution is 5.37. The van der Waals surface area contributed by atoms with Crippen LogP contribution < -0.4 is 11.1 Å². The zero-order chi connectivity index (χ0) is 11.4. The van der Waals surface area contributed by atoms with E-state index in [1.54, 1.807) is 14.1 Å². The fraction of sp³-hybridized carbons (Fsp3) is 0.400. The lowest BCUT2D eigenvalue weighted by atomic mass is 9.96. The second kappa shape index (κ2) is 2.78. The van der Waals surface area contributed by atoms with Crippen LogP contribution in [0.25, 0.3) is 0 Å². The SMILES string of the molecule is Cn1[nH]c2c(c1=O)Cc1[nH]n(C)c(=O)c1C2. The van der Waals surface area contributed by atoms with Crippen LogP contribution in [0.1, 0.15) is 22.5 Å². The largest absolute Gasteiger partial charge is 0.299 e. The van der Waals surface area contributed by atoms with E-state index in [2.05, 4.69) is 10.2 Å². The number of rotatable bonds is 0. The Balaban J connectivity index is 2.23. The Labute approximate surface area is 90.5 Å². The standard InChI is InChI=1S/C10H12N4O2/c1-13-9(15)5-3-8-6(4-7(5)11-13)10(16)14(2)12-8/h11-12H,3-4H2,1-2H3. The average molecular weight is 220 g/mol. The summed E-state index contributed by atoms with van der Waals surface area (Å²) < 4.78 is 2.92. The van der Waals surface area contributed by atoms with Crippen LogP contribution in [0, 0.1) is 0 Å². The van der Waals surface area contributed by atoms with Gasteiger partial charge in [-0.15, -0.1) is 0 Å². The van der Waals surface area contributed by atoms with Crippen LogP contribution in [0.15, 0.2) is 9.59 Å². The summed E-state index contributed by atoms with van der Waals surface area (Å²) in [4.78, 5) is 23.5. The fourth-order valence-corrected chi connectivity index (χ4v) is 2.32. The smallest absolute Gasteiger partial charge is 0.270 e. The van der Waals surface area contributed by atoms with E-state index in [4.69, 9.17) is 0 Å². The van der Waals surface area contributed by atoms with Gasteiger partial charge in [-0.1, -0.05) is 0 Å². The van der Waals surface area contributed by atoms with Gasteiger partial charge in [0.05, 0.1) is 0 Å². The highest BCUT2D eigenvalue weighted by atomic mass is 16.1. The van der Waals surface area contributed by atoms with Gasteiger partial charge in [-0.3, -0.25) is 29.2 Å². The van der Waals surface area contributed by atoms with Crippen LogP contribution in [-0.2, 0) is 26.9 Å². The molecule has 0 saturated heterocycles. The predicted octanol–water partition coefficient (Wildman–Crippen LogP) is -0.765. The van der Waals surface area contributed by atoms with E-state index in [9.17, 15) is 9.59 Å². The molecule has 0 amide bonds. The summed E-state index contributed by atoms with van der Waals surface area (Å²) in [6, 6.07) is 0. The fourth-order valence-electron chi connectivity index (χ4n) is 2.32. The van der Waals surface area contributed by atoms with E-state index in [1.165, 1.54) is 9.36 Å². The van der Waals surface area contributed by atoms with Crippen LogP contribution in [0.5, 0.6) is 0 Å². The van der Waals surface area contributed by atoms with E-state index in [-0.39, 0.29) is 11.1 Å². The number of hydrogen-bond donors (Lipinski definition) is 2. The van der Waals surface area contributed by atoms with Crippen molar-refractivity contribution in [1.29, 1.82) is 0 Å². The van der Waals surface area contributed by atoms with Crippen molar-refractivity contribution in [3.8, 4) is 0 Å². The third-order valence-electron chi connectivity index (χ3n) is 3.17. The molecule has 0 radical (unpaired) electrons. The number of nitrogens with one attached hydrogen (secondary N) is 2. The van der Waals surface area contributed by atoms with Gasteiger partial charge in [-0.05, 0) is 0 Å². The molecule has 2 heterocycles. The minimum atomic E-state index is -0.00893. The van der Waals surface area contributed by atoms with Crippen molar-refractivity contribution in [2.75, 3.05) is 0 Å². The van der Waals surface area contributed by atoms with Crippen molar-refractivity contribution in [2.24, 2.45) is 14.1 Å². The zero-order valence-corrected chi connectivity index (χ0v) is 9.13. The van der Waals surface area contributed by atoms with Crippen LogP contribution in [0.2, 0.25) is 0 Å². The highest BCUT2D eigenvalue weighted by Crippen LogP contribution is 2.19. The second-order valence-electron chi connectivity index (χ2n) is 4.22. The number of hydrogen-bond acceptors (Lipinski definition) is 2. The van der Waals surface area contributed by atoms with E-state index < -0.39 is 0 Å². The van der Waals surface area contributed by atoms with Crippen LogP contribution in [0.4, 0.5) is 0 Å². The molecule has 2 aromatic heterocycles. The number of nitrogens with zero attached hydrogens (tertiary/aromatic N) is 2. The summed E-state index contributed by atoms with van der Waals surface area (Å²) in [6.07, 6.45) is 1.02. The molecule has 6 heteroatoms. The third-order valence-corrected chi connectivity index (χ3v) is 3.17. The molecule has 2 N–H and O–H groups in total. The van der Waals surface area contributed by atoms with Crippen molar-refractivity contribution in [3.63, 3.8) is 0 Å². The first-order chi connectivity index (χ1) is 7.58. The molecule has 6 nitrogen and oxygen atoms in total. The summed E-state index contributed by atoms with van der Waals surface area (Å²) in [5.41, 5.74) is 3.22. The molecule has 2 aromatic rings. The summed E-state index contributed by atoms with van der Waals surface area (Å²) >= 11 is 0. The van der Waals surface area contributed by atoms with Crippen molar-refractivity contribution in [1.82, 2.24) is 19.6 Å². The third kappa shape index (κ3) is 1.01. The quantitative estimate of drug-likeness (QED) is 0.522. The Bertz CT molecular complexity index is 622. The molecule has 0 aromatic carbocycles. The lowest BCUT2D eigenvalue weighted by molar-refractivity contribution is 0.719. The van der Waals surface area contributed by atoms with Crippen LogP contribution in [-0.4, -0.2) is 19.6 Å².